The van der Waals surface area contributed by atoms with E-state index in [9.17, 15) is 9.59 Å². The summed E-state index contributed by atoms with van der Waals surface area (Å²) in [6.07, 6.45) is 2.01. The first kappa shape index (κ1) is 13.7. The van der Waals surface area contributed by atoms with Crippen molar-refractivity contribution in [2.45, 2.75) is 38.3 Å². The molecule has 1 heterocycles. The number of piperazine rings is 1. The topological polar surface area (TPSA) is 69.6 Å². The van der Waals surface area contributed by atoms with Gasteiger partial charge in [-0.15, -0.1) is 6.58 Å². The van der Waals surface area contributed by atoms with Crippen LogP contribution >= 0.6 is 0 Å². The summed E-state index contributed by atoms with van der Waals surface area (Å²) in [6.45, 7) is 8.75. The van der Waals surface area contributed by atoms with Crippen molar-refractivity contribution in [2.24, 2.45) is 0 Å². The number of nitrogens with zero attached hydrogens (tertiary/aromatic N) is 1. The van der Waals surface area contributed by atoms with Crippen LogP contribution in [0.15, 0.2) is 12.7 Å². The molecule has 2 N–H and O–H groups in total. The highest BCUT2D eigenvalue weighted by atomic mass is 16.4. The third-order valence-electron chi connectivity index (χ3n) is 2.76. The molecule has 5 heteroatoms. The van der Waals surface area contributed by atoms with Crippen molar-refractivity contribution in [1.29, 1.82) is 0 Å². The van der Waals surface area contributed by atoms with E-state index >= 15 is 0 Å². The van der Waals surface area contributed by atoms with Crippen LogP contribution in [0.1, 0.15) is 26.7 Å². The van der Waals surface area contributed by atoms with Gasteiger partial charge in [-0.25, -0.2) is 0 Å². The van der Waals surface area contributed by atoms with Gasteiger partial charge in [-0.3, -0.25) is 14.9 Å². The summed E-state index contributed by atoms with van der Waals surface area (Å²) in [4.78, 5) is 24.3. The standard InChI is InChI=1S/C12H20N2O3/c1-4-7-14-8-12(2,3)13-9(11(14)17)5-6-10(15)16/h4,9,13H,1,5-8H2,2-3H3,(H,15,16). The Bertz CT molecular complexity index is 326. The Hall–Kier alpha value is -1.36. The summed E-state index contributed by atoms with van der Waals surface area (Å²) < 4.78 is 0. The molecule has 1 aliphatic rings. The molecule has 1 atom stereocenters. The Morgan fingerprint density at radius 3 is 2.88 bits per heavy atom. The zero-order valence-corrected chi connectivity index (χ0v) is 10.4. The molecular formula is C12H20N2O3. The molecule has 1 rings (SSSR count). The molecule has 0 saturated carbocycles. The Balaban J connectivity index is 2.70. The number of carboxylic acid groups (broad SMARTS) is 1. The van der Waals surface area contributed by atoms with Crippen LogP contribution in [-0.4, -0.2) is 46.6 Å². The fraction of sp³-hybridized carbons (Fsp3) is 0.667. The summed E-state index contributed by atoms with van der Waals surface area (Å²) in [5, 5.41) is 11.9. The molecule has 1 fully saturated rings. The van der Waals surface area contributed by atoms with E-state index in [1.165, 1.54) is 0 Å². The second-order valence-corrected chi connectivity index (χ2v) is 5.02. The fourth-order valence-electron chi connectivity index (χ4n) is 2.13. The number of rotatable bonds is 5. The molecule has 0 aromatic heterocycles. The second-order valence-electron chi connectivity index (χ2n) is 5.02. The van der Waals surface area contributed by atoms with Gasteiger partial charge in [-0.1, -0.05) is 6.08 Å². The molecule has 96 valence electrons. The maximum absolute atomic E-state index is 12.0. The van der Waals surface area contributed by atoms with Gasteiger partial charge in [0, 0.05) is 25.0 Å². The fourth-order valence-corrected chi connectivity index (χ4v) is 2.13. The Morgan fingerprint density at radius 1 is 1.71 bits per heavy atom. The molecule has 1 unspecified atom stereocenters. The molecule has 1 saturated heterocycles. The summed E-state index contributed by atoms with van der Waals surface area (Å²) >= 11 is 0. The quantitative estimate of drug-likeness (QED) is 0.691. The first-order valence-electron chi connectivity index (χ1n) is 5.75. The van der Waals surface area contributed by atoms with Crippen LogP contribution in [0, 0.1) is 0 Å². The average molecular weight is 240 g/mol. The molecule has 0 aromatic carbocycles. The lowest BCUT2D eigenvalue weighted by Gasteiger charge is -2.42. The number of hydrogen-bond acceptors (Lipinski definition) is 3. The molecule has 17 heavy (non-hydrogen) atoms. The smallest absolute Gasteiger partial charge is 0.303 e. The number of aliphatic carboxylic acids is 1. The molecule has 5 nitrogen and oxygen atoms in total. The Morgan fingerprint density at radius 2 is 2.35 bits per heavy atom. The zero-order valence-electron chi connectivity index (χ0n) is 10.4. The lowest BCUT2D eigenvalue weighted by molar-refractivity contribution is -0.140. The van der Waals surface area contributed by atoms with Crippen molar-refractivity contribution in [2.75, 3.05) is 13.1 Å². The maximum Gasteiger partial charge on any atom is 0.303 e. The normalized spacial score (nSPS) is 23.5. The Labute approximate surface area is 101 Å². The summed E-state index contributed by atoms with van der Waals surface area (Å²) in [5.41, 5.74) is -0.194. The molecule has 1 amide bonds. The summed E-state index contributed by atoms with van der Waals surface area (Å²) in [7, 11) is 0. The van der Waals surface area contributed by atoms with E-state index in [1.807, 2.05) is 13.8 Å². The maximum atomic E-state index is 12.0. The van der Waals surface area contributed by atoms with E-state index < -0.39 is 12.0 Å². The highest BCUT2D eigenvalue weighted by molar-refractivity contribution is 5.83. The van der Waals surface area contributed by atoms with Crippen LogP contribution in [0.3, 0.4) is 0 Å². The molecular weight excluding hydrogens is 220 g/mol. The number of nitrogens with one attached hydrogen (secondary N) is 1. The largest absolute Gasteiger partial charge is 0.481 e. The average Bonchev–Trinajstić information content (AvgIpc) is 2.20. The van der Waals surface area contributed by atoms with Crippen LogP contribution in [0.4, 0.5) is 0 Å². The van der Waals surface area contributed by atoms with Crippen LogP contribution in [0.25, 0.3) is 0 Å². The van der Waals surface area contributed by atoms with E-state index in [4.69, 9.17) is 5.11 Å². The van der Waals surface area contributed by atoms with Crippen LogP contribution in [-0.2, 0) is 9.59 Å². The summed E-state index contributed by atoms with van der Waals surface area (Å²) in [5.74, 6) is -0.913. The SMILES string of the molecule is C=CCN1CC(C)(C)NC(CCC(=O)O)C1=O. The van der Waals surface area contributed by atoms with Gasteiger partial charge in [0.2, 0.25) is 5.91 Å². The number of hydrogen-bond donors (Lipinski definition) is 2. The first-order chi connectivity index (χ1) is 7.85. The van der Waals surface area contributed by atoms with Gasteiger partial charge in [-0.05, 0) is 20.3 Å². The third kappa shape index (κ3) is 3.85. The van der Waals surface area contributed by atoms with Gasteiger partial charge >= 0.3 is 5.97 Å². The lowest BCUT2D eigenvalue weighted by Crippen LogP contribution is -2.64. The zero-order chi connectivity index (χ0) is 13.1. The van der Waals surface area contributed by atoms with Gasteiger partial charge in [-0.2, -0.15) is 0 Å². The number of amides is 1. The van der Waals surface area contributed by atoms with E-state index in [1.54, 1.807) is 11.0 Å². The van der Waals surface area contributed by atoms with Crippen LogP contribution < -0.4 is 5.32 Å². The van der Waals surface area contributed by atoms with E-state index in [2.05, 4.69) is 11.9 Å². The molecule has 0 radical (unpaired) electrons. The number of carbonyl (C=O) groups is 2. The van der Waals surface area contributed by atoms with Gasteiger partial charge in [0.25, 0.3) is 0 Å². The minimum atomic E-state index is -0.877. The molecule has 0 spiro atoms. The highest BCUT2D eigenvalue weighted by Crippen LogP contribution is 2.17. The number of carbonyl (C=O) groups excluding carboxylic acids is 1. The van der Waals surface area contributed by atoms with Crippen molar-refractivity contribution in [3.05, 3.63) is 12.7 Å². The van der Waals surface area contributed by atoms with Crippen LogP contribution in [0.2, 0.25) is 0 Å². The molecule has 0 aliphatic carbocycles. The van der Waals surface area contributed by atoms with E-state index in [-0.39, 0.29) is 17.9 Å². The van der Waals surface area contributed by atoms with Crippen molar-refractivity contribution < 1.29 is 14.7 Å². The van der Waals surface area contributed by atoms with Gasteiger partial charge in [0.15, 0.2) is 0 Å². The molecule has 0 aromatic rings. The van der Waals surface area contributed by atoms with Gasteiger partial charge in [0.1, 0.15) is 0 Å². The lowest BCUT2D eigenvalue weighted by atomic mass is 9.95. The van der Waals surface area contributed by atoms with E-state index in [0.29, 0.717) is 19.5 Å². The molecule has 1 aliphatic heterocycles. The summed E-state index contributed by atoms with van der Waals surface area (Å²) in [6, 6.07) is -0.408. The van der Waals surface area contributed by atoms with Crippen LogP contribution in [0.5, 0.6) is 0 Å². The van der Waals surface area contributed by atoms with Crippen molar-refractivity contribution in [1.82, 2.24) is 10.2 Å². The highest BCUT2D eigenvalue weighted by Gasteiger charge is 2.37. The van der Waals surface area contributed by atoms with Crippen molar-refractivity contribution >= 4 is 11.9 Å². The number of carboxylic acids is 1. The minimum Gasteiger partial charge on any atom is -0.481 e. The molecule has 0 bridgehead atoms. The Kier molecular flexibility index (Phi) is 4.28. The minimum absolute atomic E-state index is 0.00140. The van der Waals surface area contributed by atoms with Crippen molar-refractivity contribution in [3.63, 3.8) is 0 Å². The van der Waals surface area contributed by atoms with Gasteiger partial charge in [0.05, 0.1) is 6.04 Å². The second kappa shape index (κ2) is 5.31. The third-order valence-corrected chi connectivity index (χ3v) is 2.76. The van der Waals surface area contributed by atoms with Gasteiger partial charge < -0.3 is 10.0 Å². The predicted molar refractivity (Wildman–Crippen MR) is 64.6 cm³/mol. The predicted octanol–water partition coefficient (Wildman–Crippen LogP) is 0.616. The first-order valence-corrected chi connectivity index (χ1v) is 5.75. The van der Waals surface area contributed by atoms with E-state index in [0.717, 1.165) is 0 Å². The van der Waals surface area contributed by atoms with Crippen molar-refractivity contribution in [3.8, 4) is 0 Å². The monoisotopic (exact) mass is 240 g/mol.